The molecule has 1 aromatic carbocycles. The first-order valence-corrected chi connectivity index (χ1v) is 10.2. The number of hydrogen-bond acceptors (Lipinski definition) is 2. The van der Waals surface area contributed by atoms with Gasteiger partial charge in [-0.15, -0.1) is 0 Å². The van der Waals surface area contributed by atoms with Crippen LogP contribution in [0, 0.1) is 0 Å². The predicted molar refractivity (Wildman–Crippen MR) is 94.0 cm³/mol. The second-order valence-corrected chi connectivity index (χ2v) is 7.61. The van der Waals surface area contributed by atoms with E-state index in [-0.39, 0.29) is 0 Å². The minimum absolute atomic E-state index is 0.344. The van der Waals surface area contributed by atoms with E-state index in [0.717, 1.165) is 56.9 Å². The second kappa shape index (κ2) is 10.2. The molecule has 0 amide bonds. The maximum absolute atomic E-state index is 12.6. The van der Waals surface area contributed by atoms with E-state index in [1.165, 1.54) is 5.56 Å². The first kappa shape index (κ1) is 19.4. The van der Waals surface area contributed by atoms with Crippen LogP contribution in [0.1, 0.15) is 70.4 Å². The quantitative estimate of drug-likeness (QED) is 0.460. The Morgan fingerprint density at radius 3 is 2.27 bits per heavy atom. The van der Waals surface area contributed by atoms with Crippen LogP contribution in [-0.4, -0.2) is 11.5 Å². The van der Waals surface area contributed by atoms with Gasteiger partial charge >= 0.3 is 7.60 Å². The Morgan fingerprint density at radius 1 is 1.00 bits per heavy atom. The molecule has 0 saturated carbocycles. The van der Waals surface area contributed by atoms with Gasteiger partial charge < -0.3 is 9.42 Å². The van der Waals surface area contributed by atoms with E-state index in [0.29, 0.717) is 11.9 Å². The highest BCUT2D eigenvalue weighted by Crippen LogP contribution is 2.42. The van der Waals surface area contributed by atoms with Crippen molar-refractivity contribution in [3.8, 4) is 0 Å². The molecule has 0 radical (unpaired) electrons. The topological polar surface area (TPSA) is 46.5 Å². The van der Waals surface area contributed by atoms with Crippen molar-refractivity contribution >= 4 is 12.9 Å². The van der Waals surface area contributed by atoms with Gasteiger partial charge in [0.1, 0.15) is 0 Å². The molecule has 0 fully saturated rings. The highest BCUT2D eigenvalue weighted by atomic mass is 31.2. The molecular weight excluding hydrogens is 295 g/mol. The van der Waals surface area contributed by atoms with Crippen molar-refractivity contribution in [1.82, 2.24) is 0 Å². The molecule has 0 aromatic heterocycles. The van der Waals surface area contributed by atoms with E-state index in [9.17, 15) is 9.46 Å². The predicted octanol–water partition coefficient (Wildman–Crippen LogP) is 5.00. The lowest BCUT2D eigenvalue weighted by Gasteiger charge is -2.19. The van der Waals surface area contributed by atoms with Crippen molar-refractivity contribution in [3.05, 3.63) is 29.3 Å². The fourth-order valence-electron chi connectivity index (χ4n) is 2.53. The molecule has 1 N–H and O–H groups in total. The molecular formula is C18H31O3P. The van der Waals surface area contributed by atoms with Crippen molar-refractivity contribution in [1.29, 1.82) is 0 Å². The summed E-state index contributed by atoms with van der Waals surface area (Å²) in [6.45, 7) is 6.70. The first-order valence-electron chi connectivity index (χ1n) is 8.65. The van der Waals surface area contributed by atoms with Crippen LogP contribution in [0.2, 0.25) is 0 Å². The Kier molecular flexibility index (Phi) is 9.00. The molecule has 3 nitrogen and oxygen atoms in total. The zero-order valence-corrected chi connectivity index (χ0v) is 15.2. The monoisotopic (exact) mass is 326 g/mol. The van der Waals surface area contributed by atoms with Crippen LogP contribution in [-0.2, 0) is 21.9 Å². The lowest BCUT2D eigenvalue weighted by atomic mass is 9.98. The van der Waals surface area contributed by atoms with E-state index >= 15 is 0 Å². The largest absolute Gasteiger partial charge is 0.359 e. The van der Waals surface area contributed by atoms with Gasteiger partial charge in [-0.05, 0) is 49.3 Å². The van der Waals surface area contributed by atoms with Crippen molar-refractivity contribution in [3.63, 3.8) is 0 Å². The van der Waals surface area contributed by atoms with Gasteiger partial charge in [-0.3, -0.25) is 4.57 Å². The van der Waals surface area contributed by atoms with Crippen LogP contribution in [0.4, 0.5) is 0 Å². The number of aryl methyl sites for hydroxylation is 1. The first-order chi connectivity index (χ1) is 10.6. The van der Waals surface area contributed by atoms with Crippen LogP contribution in [0.5, 0.6) is 0 Å². The summed E-state index contributed by atoms with van der Waals surface area (Å²) in [4.78, 5) is 10.4. The summed E-state index contributed by atoms with van der Waals surface area (Å²) in [6, 6.07) is 5.76. The van der Waals surface area contributed by atoms with Gasteiger partial charge in [0.2, 0.25) is 0 Å². The summed E-state index contributed by atoms with van der Waals surface area (Å²) in [5, 5.41) is 0.519. The van der Waals surface area contributed by atoms with E-state index in [1.54, 1.807) is 6.07 Å². The molecule has 22 heavy (non-hydrogen) atoms. The number of rotatable bonds is 11. The van der Waals surface area contributed by atoms with Gasteiger partial charge in [0.05, 0.1) is 11.9 Å². The smallest absolute Gasteiger partial charge is 0.321 e. The number of hydrogen-bond donors (Lipinski definition) is 1. The van der Waals surface area contributed by atoms with Crippen molar-refractivity contribution in [2.45, 2.75) is 72.1 Å². The summed E-state index contributed by atoms with van der Waals surface area (Å²) in [6.07, 6.45) is 7.94. The van der Waals surface area contributed by atoms with Gasteiger partial charge in [0, 0.05) is 0 Å². The number of benzene rings is 1. The molecule has 4 heteroatoms. The summed E-state index contributed by atoms with van der Waals surface area (Å²) in [7, 11) is -3.71. The van der Waals surface area contributed by atoms with E-state index in [2.05, 4.69) is 19.9 Å². The standard InChI is InChI=1S/C18H31O3P/c1-4-7-11-16-12-10-14-18(17(16)13-8-5-2)22(19,20)21-15-9-6-3/h10,12,14H,4-9,11,13,15H2,1-3H3,(H,19,20). The Balaban J connectivity index is 3.06. The lowest BCUT2D eigenvalue weighted by molar-refractivity contribution is 0.264. The molecule has 0 aliphatic heterocycles. The van der Waals surface area contributed by atoms with E-state index in [1.807, 2.05) is 13.0 Å². The minimum Gasteiger partial charge on any atom is -0.321 e. The normalized spacial score (nSPS) is 14.0. The highest BCUT2D eigenvalue weighted by molar-refractivity contribution is 7.61. The number of unbranched alkanes of at least 4 members (excludes halogenated alkanes) is 3. The summed E-state index contributed by atoms with van der Waals surface area (Å²) in [5.41, 5.74) is 2.25. The molecule has 0 bridgehead atoms. The summed E-state index contributed by atoms with van der Waals surface area (Å²) in [5.74, 6) is 0. The molecule has 1 rings (SSSR count). The Morgan fingerprint density at radius 2 is 1.64 bits per heavy atom. The molecule has 126 valence electrons. The minimum atomic E-state index is -3.71. The van der Waals surface area contributed by atoms with Crippen LogP contribution >= 0.6 is 7.60 Å². The van der Waals surface area contributed by atoms with Gasteiger partial charge in [0.25, 0.3) is 0 Å². The summed E-state index contributed by atoms with van der Waals surface area (Å²) < 4.78 is 18.0. The van der Waals surface area contributed by atoms with Crippen LogP contribution in [0.25, 0.3) is 0 Å². The molecule has 0 heterocycles. The highest BCUT2D eigenvalue weighted by Gasteiger charge is 2.26. The summed E-state index contributed by atoms with van der Waals surface area (Å²) >= 11 is 0. The maximum atomic E-state index is 12.6. The Hall–Kier alpha value is -0.630. The van der Waals surface area contributed by atoms with Crippen molar-refractivity contribution < 1.29 is 14.0 Å². The van der Waals surface area contributed by atoms with Crippen LogP contribution in [0.3, 0.4) is 0 Å². The van der Waals surface area contributed by atoms with Gasteiger partial charge in [-0.25, -0.2) is 0 Å². The zero-order valence-electron chi connectivity index (χ0n) is 14.3. The third-order valence-corrected chi connectivity index (χ3v) is 5.46. The average molecular weight is 326 g/mol. The van der Waals surface area contributed by atoms with Gasteiger partial charge in [0.15, 0.2) is 0 Å². The average Bonchev–Trinajstić information content (AvgIpc) is 2.51. The van der Waals surface area contributed by atoms with Crippen molar-refractivity contribution in [2.24, 2.45) is 0 Å². The SMILES string of the molecule is CCCCOP(=O)(O)c1cccc(CCCC)c1CCCC. The van der Waals surface area contributed by atoms with Crippen LogP contribution in [0.15, 0.2) is 18.2 Å². The molecule has 0 aliphatic carbocycles. The van der Waals surface area contributed by atoms with Gasteiger partial charge in [-0.1, -0.05) is 52.2 Å². The fourth-order valence-corrected chi connectivity index (χ4v) is 3.92. The third kappa shape index (κ3) is 5.87. The Labute approximate surface area is 135 Å². The molecule has 1 unspecified atom stereocenters. The van der Waals surface area contributed by atoms with E-state index < -0.39 is 7.60 Å². The maximum Gasteiger partial charge on any atom is 0.359 e. The lowest BCUT2D eigenvalue weighted by Crippen LogP contribution is -2.16. The molecule has 1 atom stereocenters. The van der Waals surface area contributed by atoms with E-state index in [4.69, 9.17) is 4.52 Å². The molecule has 0 saturated heterocycles. The molecule has 0 spiro atoms. The zero-order chi connectivity index (χ0) is 16.4. The third-order valence-electron chi connectivity index (χ3n) is 3.90. The molecule has 0 aliphatic rings. The second-order valence-electron chi connectivity index (χ2n) is 5.83. The van der Waals surface area contributed by atoms with Gasteiger partial charge in [-0.2, -0.15) is 0 Å². The Bertz CT molecular complexity index is 485. The molecule has 1 aromatic rings. The van der Waals surface area contributed by atoms with Crippen LogP contribution < -0.4 is 5.30 Å². The fraction of sp³-hybridized carbons (Fsp3) is 0.667. The van der Waals surface area contributed by atoms with Crippen molar-refractivity contribution in [2.75, 3.05) is 6.61 Å².